The number of nitrogens with one attached hydrogen (secondary N) is 1. The van der Waals surface area contributed by atoms with Crippen molar-refractivity contribution in [3.05, 3.63) is 41.6 Å². The van der Waals surface area contributed by atoms with Crippen LogP contribution in [-0.4, -0.2) is 28.2 Å². The molecular weight excluding hydrogens is 303 g/mol. The van der Waals surface area contributed by atoms with E-state index in [4.69, 9.17) is 0 Å². The fourth-order valence-electron chi connectivity index (χ4n) is 3.09. The Balaban J connectivity index is 1.83. The maximum Gasteiger partial charge on any atom is 0.432 e. The van der Waals surface area contributed by atoms with E-state index in [1.165, 1.54) is 19.3 Å². The Kier molecular flexibility index (Phi) is 4.43. The summed E-state index contributed by atoms with van der Waals surface area (Å²) >= 11 is 0. The van der Waals surface area contributed by atoms with Gasteiger partial charge in [-0.1, -0.05) is 24.6 Å². The van der Waals surface area contributed by atoms with Gasteiger partial charge in [0.2, 0.25) is 0 Å². The SMILES string of the molecule is CC(c1cccc(-c2cc(C(F)(F)F)[nH]n2)c1)N1CCCCC1. The van der Waals surface area contributed by atoms with Crippen LogP contribution in [-0.2, 0) is 6.18 Å². The second-order valence-corrected chi connectivity index (χ2v) is 6.06. The molecule has 1 aliphatic heterocycles. The normalized spacial score (nSPS) is 18.1. The molecule has 0 radical (unpaired) electrons. The molecule has 124 valence electrons. The van der Waals surface area contributed by atoms with E-state index in [1.807, 2.05) is 18.2 Å². The highest BCUT2D eigenvalue weighted by Crippen LogP contribution is 2.32. The van der Waals surface area contributed by atoms with Crippen molar-refractivity contribution in [2.24, 2.45) is 0 Å². The van der Waals surface area contributed by atoms with Crippen LogP contribution < -0.4 is 0 Å². The molecule has 0 saturated carbocycles. The quantitative estimate of drug-likeness (QED) is 0.892. The zero-order valence-corrected chi connectivity index (χ0v) is 13.0. The summed E-state index contributed by atoms with van der Waals surface area (Å²) < 4.78 is 38.1. The minimum atomic E-state index is -4.40. The number of piperidine rings is 1. The van der Waals surface area contributed by atoms with Gasteiger partial charge in [0.15, 0.2) is 0 Å². The van der Waals surface area contributed by atoms with Gasteiger partial charge < -0.3 is 0 Å². The van der Waals surface area contributed by atoms with Crippen LogP contribution in [0, 0.1) is 0 Å². The molecule has 1 atom stereocenters. The number of H-pyrrole nitrogens is 1. The fourth-order valence-corrected chi connectivity index (χ4v) is 3.09. The molecule has 0 amide bonds. The number of hydrogen-bond donors (Lipinski definition) is 1. The molecule has 1 saturated heterocycles. The number of hydrogen-bond acceptors (Lipinski definition) is 2. The summed E-state index contributed by atoms with van der Waals surface area (Å²) in [6.07, 6.45) is -0.711. The summed E-state index contributed by atoms with van der Waals surface area (Å²) in [5.41, 5.74) is 1.33. The average molecular weight is 323 g/mol. The number of aromatic nitrogens is 2. The van der Waals surface area contributed by atoms with Gasteiger partial charge in [0.05, 0.1) is 5.69 Å². The molecule has 6 heteroatoms. The molecule has 1 aromatic carbocycles. The van der Waals surface area contributed by atoms with Crippen molar-refractivity contribution < 1.29 is 13.2 Å². The molecule has 1 aromatic heterocycles. The lowest BCUT2D eigenvalue weighted by Gasteiger charge is -2.32. The lowest BCUT2D eigenvalue weighted by molar-refractivity contribution is -0.141. The highest BCUT2D eigenvalue weighted by atomic mass is 19.4. The molecular formula is C17H20F3N3. The lowest BCUT2D eigenvalue weighted by Crippen LogP contribution is -2.32. The van der Waals surface area contributed by atoms with Gasteiger partial charge in [-0.3, -0.25) is 10.00 Å². The van der Waals surface area contributed by atoms with Crippen LogP contribution in [0.2, 0.25) is 0 Å². The minimum absolute atomic E-state index is 0.260. The Morgan fingerprint density at radius 3 is 2.52 bits per heavy atom. The summed E-state index contributed by atoms with van der Waals surface area (Å²) in [7, 11) is 0. The van der Waals surface area contributed by atoms with Gasteiger partial charge in [-0.2, -0.15) is 18.3 Å². The van der Waals surface area contributed by atoms with Crippen molar-refractivity contribution in [2.75, 3.05) is 13.1 Å². The zero-order valence-electron chi connectivity index (χ0n) is 13.0. The summed E-state index contributed by atoms with van der Waals surface area (Å²) in [6.45, 7) is 4.30. The van der Waals surface area contributed by atoms with Crippen molar-refractivity contribution in [3.63, 3.8) is 0 Å². The summed E-state index contributed by atoms with van der Waals surface area (Å²) in [4.78, 5) is 2.42. The van der Waals surface area contributed by atoms with Gasteiger partial charge in [0.1, 0.15) is 5.69 Å². The first-order valence-corrected chi connectivity index (χ1v) is 7.92. The van der Waals surface area contributed by atoms with E-state index in [-0.39, 0.29) is 6.04 Å². The minimum Gasteiger partial charge on any atom is -0.297 e. The van der Waals surface area contributed by atoms with E-state index in [0.29, 0.717) is 11.3 Å². The van der Waals surface area contributed by atoms with Gasteiger partial charge in [0, 0.05) is 11.6 Å². The van der Waals surface area contributed by atoms with E-state index in [1.54, 1.807) is 6.07 Å². The number of alkyl halides is 3. The molecule has 0 spiro atoms. The highest BCUT2D eigenvalue weighted by molar-refractivity contribution is 5.60. The molecule has 3 rings (SSSR count). The Hall–Kier alpha value is -1.82. The predicted molar refractivity (Wildman–Crippen MR) is 82.9 cm³/mol. The van der Waals surface area contributed by atoms with E-state index in [9.17, 15) is 13.2 Å². The molecule has 1 aliphatic rings. The number of nitrogens with zero attached hydrogens (tertiary/aromatic N) is 2. The van der Waals surface area contributed by atoms with E-state index in [2.05, 4.69) is 22.0 Å². The zero-order chi connectivity index (χ0) is 16.4. The highest BCUT2D eigenvalue weighted by Gasteiger charge is 2.33. The standard InChI is InChI=1S/C17H20F3N3/c1-12(23-8-3-2-4-9-23)13-6-5-7-14(10-13)15-11-16(22-21-15)17(18,19)20/h5-7,10-12H,2-4,8-9H2,1H3,(H,21,22). The molecule has 3 nitrogen and oxygen atoms in total. The predicted octanol–water partition coefficient (Wildman–Crippen LogP) is 4.64. The molecule has 23 heavy (non-hydrogen) atoms. The van der Waals surface area contributed by atoms with Crippen LogP contribution >= 0.6 is 0 Å². The second kappa shape index (κ2) is 6.35. The van der Waals surface area contributed by atoms with Gasteiger partial charge in [-0.25, -0.2) is 0 Å². The first-order valence-electron chi connectivity index (χ1n) is 7.92. The van der Waals surface area contributed by atoms with Crippen molar-refractivity contribution in [2.45, 2.75) is 38.4 Å². The van der Waals surface area contributed by atoms with E-state index < -0.39 is 11.9 Å². The Labute approximate surface area is 133 Å². The molecule has 0 bridgehead atoms. The largest absolute Gasteiger partial charge is 0.432 e. The van der Waals surface area contributed by atoms with E-state index >= 15 is 0 Å². The fraction of sp³-hybridized carbons (Fsp3) is 0.471. The molecule has 1 fully saturated rings. The number of halogens is 3. The number of rotatable bonds is 3. The second-order valence-electron chi connectivity index (χ2n) is 6.06. The molecule has 1 N–H and O–H groups in total. The maximum atomic E-state index is 12.7. The van der Waals surface area contributed by atoms with Crippen molar-refractivity contribution in [1.82, 2.24) is 15.1 Å². The van der Waals surface area contributed by atoms with E-state index in [0.717, 1.165) is 24.7 Å². The smallest absolute Gasteiger partial charge is 0.297 e. The first kappa shape index (κ1) is 16.1. The first-order chi connectivity index (χ1) is 10.9. The van der Waals surface area contributed by atoms with Crippen LogP contribution in [0.5, 0.6) is 0 Å². The lowest BCUT2D eigenvalue weighted by atomic mass is 10.00. The third-order valence-corrected chi connectivity index (χ3v) is 4.49. The van der Waals surface area contributed by atoms with Crippen LogP contribution in [0.4, 0.5) is 13.2 Å². The van der Waals surface area contributed by atoms with Gasteiger partial charge in [-0.15, -0.1) is 0 Å². The third kappa shape index (κ3) is 3.58. The Morgan fingerprint density at radius 1 is 1.13 bits per heavy atom. The monoisotopic (exact) mass is 323 g/mol. The topological polar surface area (TPSA) is 31.9 Å². The summed E-state index contributed by atoms with van der Waals surface area (Å²) in [5, 5.41) is 5.88. The van der Waals surface area contributed by atoms with Gasteiger partial charge in [-0.05, 0) is 50.6 Å². The number of aromatic amines is 1. The van der Waals surface area contributed by atoms with Crippen LogP contribution in [0.3, 0.4) is 0 Å². The van der Waals surface area contributed by atoms with Crippen LogP contribution in [0.15, 0.2) is 30.3 Å². The average Bonchev–Trinajstić information content (AvgIpc) is 3.05. The summed E-state index contributed by atoms with van der Waals surface area (Å²) in [6, 6.07) is 8.96. The van der Waals surface area contributed by atoms with Crippen molar-refractivity contribution in [3.8, 4) is 11.3 Å². The number of likely N-dealkylation sites (tertiary alicyclic amines) is 1. The number of benzene rings is 1. The molecule has 0 aliphatic carbocycles. The molecule has 2 aromatic rings. The third-order valence-electron chi connectivity index (χ3n) is 4.49. The van der Waals surface area contributed by atoms with Crippen molar-refractivity contribution >= 4 is 0 Å². The maximum absolute atomic E-state index is 12.7. The Morgan fingerprint density at radius 2 is 1.87 bits per heavy atom. The van der Waals surface area contributed by atoms with Gasteiger partial charge >= 0.3 is 6.18 Å². The van der Waals surface area contributed by atoms with Crippen LogP contribution in [0.1, 0.15) is 43.5 Å². The summed E-state index contributed by atoms with van der Waals surface area (Å²) in [5.74, 6) is 0. The molecule has 2 heterocycles. The van der Waals surface area contributed by atoms with Gasteiger partial charge in [0.25, 0.3) is 0 Å². The Bertz CT molecular complexity index is 657. The molecule has 1 unspecified atom stereocenters. The van der Waals surface area contributed by atoms with Crippen molar-refractivity contribution in [1.29, 1.82) is 0 Å². The van der Waals surface area contributed by atoms with Crippen LogP contribution in [0.25, 0.3) is 11.3 Å².